The molecule has 0 aromatic heterocycles. The van der Waals surface area contributed by atoms with E-state index in [0.29, 0.717) is 11.5 Å². The van der Waals surface area contributed by atoms with Crippen LogP contribution in [-0.4, -0.2) is 41.2 Å². The van der Waals surface area contributed by atoms with Crippen molar-refractivity contribution < 1.29 is 19.5 Å². The molecule has 1 rings (SSSR count). The van der Waals surface area contributed by atoms with Gasteiger partial charge in [0.1, 0.15) is 5.60 Å². The van der Waals surface area contributed by atoms with Gasteiger partial charge in [0.25, 0.3) is 0 Å². The number of carbonyl (C=O) groups is 1. The predicted molar refractivity (Wildman–Crippen MR) is 58.2 cm³/mol. The van der Waals surface area contributed by atoms with Crippen LogP contribution < -0.4 is 0 Å². The molecule has 0 bridgehead atoms. The smallest absolute Gasteiger partial charge is 0.434 e. The van der Waals surface area contributed by atoms with Crippen LogP contribution in [0.5, 0.6) is 0 Å². The molecule has 0 radical (unpaired) electrons. The summed E-state index contributed by atoms with van der Waals surface area (Å²) in [5.41, 5.74) is -0.618. The lowest BCUT2D eigenvalue weighted by Crippen LogP contribution is -2.45. The first-order valence-corrected chi connectivity index (χ1v) is 5.25. The van der Waals surface area contributed by atoms with E-state index in [0.717, 1.165) is 0 Å². The van der Waals surface area contributed by atoms with Crippen molar-refractivity contribution in [3.05, 3.63) is 12.2 Å². The summed E-state index contributed by atoms with van der Waals surface area (Å²) in [7, 11) is 1.54. The molecule has 0 heterocycles. The van der Waals surface area contributed by atoms with Gasteiger partial charge in [0, 0.05) is 7.11 Å². The van der Waals surface area contributed by atoms with Crippen molar-refractivity contribution in [3.8, 4) is 0 Å². The van der Waals surface area contributed by atoms with E-state index < -0.39 is 17.7 Å². The van der Waals surface area contributed by atoms with Crippen molar-refractivity contribution in [2.75, 3.05) is 7.11 Å². The van der Waals surface area contributed by atoms with Crippen LogP contribution in [0, 0.1) is 0 Å². The fourth-order valence-electron chi connectivity index (χ4n) is 1.53. The largest absolute Gasteiger partial charge is 0.442 e. The van der Waals surface area contributed by atoms with Gasteiger partial charge in [-0.1, -0.05) is 12.2 Å². The fourth-order valence-corrected chi connectivity index (χ4v) is 1.53. The Labute approximate surface area is 95.6 Å². The van der Waals surface area contributed by atoms with Gasteiger partial charge in [-0.3, -0.25) is 5.21 Å². The van der Waals surface area contributed by atoms with Crippen LogP contribution in [-0.2, 0) is 9.47 Å². The summed E-state index contributed by atoms with van der Waals surface area (Å²) in [6.45, 7) is 5.25. The number of carbonyl (C=O) groups excluding carboxylic acids is 1. The molecule has 5 nitrogen and oxygen atoms in total. The summed E-state index contributed by atoms with van der Waals surface area (Å²) in [5.74, 6) is 0. The molecule has 1 aliphatic carbocycles. The molecule has 16 heavy (non-hydrogen) atoms. The van der Waals surface area contributed by atoms with Gasteiger partial charge in [-0.25, -0.2) is 4.79 Å². The fraction of sp³-hybridized carbons (Fsp3) is 0.727. The number of nitrogens with zero attached hydrogens (tertiary/aromatic N) is 1. The van der Waals surface area contributed by atoms with Crippen LogP contribution in [0.2, 0.25) is 0 Å². The number of ether oxygens (including phenoxy) is 2. The van der Waals surface area contributed by atoms with Gasteiger partial charge in [-0.2, -0.15) is 5.06 Å². The highest BCUT2D eigenvalue weighted by Gasteiger charge is 2.33. The van der Waals surface area contributed by atoms with Gasteiger partial charge < -0.3 is 9.47 Å². The minimum Gasteiger partial charge on any atom is -0.442 e. The van der Waals surface area contributed by atoms with Crippen molar-refractivity contribution in [1.29, 1.82) is 0 Å². The molecule has 0 aromatic carbocycles. The van der Waals surface area contributed by atoms with Gasteiger partial charge in [0.15, 0.2) is 0 Å². The topological polar surface area (TPSA) is 59.0 Å². The van der Waals surface area contributed by atoms with Crippen LogP contribution in [0.25, 0.3) is 0 Å². The third kappa shape index (κ3) is 3.21. The summed E-state index contributed by atoms with van der Waals surface area (Å²) < 4.78 is 10.2. The third-order valence-electron chi connectivity index (χ3n) is 2.25. The Morgan fingerprint density at radius 3 is 2.62 bits per heavy atom. The zero-order chi connectivity index (χ0) is 12.3. The summed E-state index contributed by atoms with van der Waals surface area (Å²) >= 11 is 0. The molecular formula is C11H19NO4. The van der Waals surface area contributed by atoms with Gasteiger partial charge >= 0.3 is 6.09 Å². The normalized spacial score (nSPS) is 24.6. The van der Waals surface area contributed by atoms with E-state index in [2.05, 4.69) is 0 Å². The van der Waals surface area contributed by atoms with Gasteiger partial charge in [-0.05, 0) is 27.2 Å². The minimum atomic E-state index is -0.747. The van der Waals surface area contributed by atoms with Crippen molar-refractivity contribution in [3.63, 3.8) is 0 Å². The van der Waals surface area contributed by atoms with E-state index in [9.17, 15) is 10.0 Å². The van der Waals surface area contributed by atoms with E-state index >= 15 is 0 Å². The number of hydrogen-bond donors (Lipinski definition) is 1. The number of hydrogen-bond acceptors (Lipinski definition) is 4. The Balaban J connectivity index is 2.57. The highest BCUT2D eigenvalue weighted by atomic mass is 16.6. The van der Waals surface area contributed by atoms with E-state index in [-0.39, 0.29) is 6.10 Å². The number of hydroxylamine groups is 2. The summed E-state index contributed by atoms with van der Waals surface area (Å²) in [6.07, 6.45) is 3.22. The van der Waals surface area contributed by atoms with E-state index in [1.807, 2.05) is 12.2 Å². The molecule has 0 saturated carbocycles. The van der Waals surface area contributed by atoms with Crippen molar-refractivity contribution >= 4 is 6.09 Å². The Bertz CT molecular complexity index is 282. The van der Waals surface area contributed by atoms with Crippen LogP contribution in [0.4, 0.5) is 4.79 Å². The second-order valence-corrected chi connectivity index (χ2v) is 4.76. The standard InChI is InChI=1S/C11H19NO4/c1-11(2,3)16-10(13)12(14)8-6-5-7-9(8)15-4/h5,7-9,14H,6H2,1-4H3/t8-,9-/m0/s1. The van der Waals surface area contributed by atoms with E-state index in [1.165, 1.54) is 7.11 Å². The maximum absolute atomic E-state index is 11.6. The highest BCUT2D eigenvalue weighted by Crippen LogP contribution is 2.20. The van der Waals surface area contributed by atoms with Crippen LogP contribution in [0.3, 0.4) is 0 Å². The van der Waals surface area contributed by atoms with E-state index in [1.54, 1.807) is 20.8 Å². The molecule has 0 spiro atoms. The lowest BCUT2D eigenvalue weighted by atomic mass is 10.2. The Hall–Kier alpha value is -1.07. The number of rotatable bonds is 2. The van der Waals surface area contributed by atoms with Crippen LogP contribution in [0.15, 0.2) is 12.2 Å². The summed E-state index contributed by atoms with van der Waals surface area (Å²) in [6, 6.07) is -0.403. The predicted octanol–water partition coefficient (Wildman–Crippen LogP) is 1.96. The molecule has 0 aliphatic heterocycles. The lowest BCUT2D eigenvalue weighted by Gasteiger charge is -2.29. The molecule has 1 amide bonds. The minimum absolute atomic E-state index is 0.280. The summed E-state index contributed by atoms with van der Waals surface area (Å²) in [5, 5.41) is 10.3. The second-order valence-electron chi connectivity index (χ2n) is 4.76. The van der Waals surface area contributed by atoms with Crippen molar-refractivity contribution in [2.24, 2.45) is 0 Å². The van der Waals surface area contributed by atoms with E-state index in [4.69, 9.17) is 9.47 Å². The Morgan fingerprint density at radius 2 is 2.12 bits per heavy atom. The maximum atomic E-state index is 11.6. The first-order valence-electron chi connectivity index (χ1n) is 5.25. The van der Waals surface area contributed by atoms with Gasteiger partial charge in [0.05, 0.1) is 12.1 Å². The van der Waals surface area contributed by atoms with Gasteiger partial charge in [0.2, 0.25) is 0 Å². The van der Waals surface area contributed by atoms with Crippen molar-refractivity contribution in [2.45, 2.75) is 44.9 Å². The van der Waals surface area contributed by atoms with Crippen molar-refractivity contribution in [1.82, 2.24) is 5.06 Å². The molecule has 92 valence electrons. The number of methoxy groups -OCH3 is 1. The molecule has 0 fully saturated rings. The first-order chi connectivity index (χ1) is 7.35. The zero-order valence-corrected chi connectivity index (χ0v) is 10.1. The Kier molecular flexibility index (Phi) is 3.93. The monoisotopic (exact) mass is 229 g/mol. The van der Waals surface area contributed by atoms with Crippen LogP contribution >= 0.6 is 0 Å². The highest BCUT2D eigenvalue weighted by molar-refractivity contribution is 5.67. The third-order valence-corrected chi connectivity index (χ3v) is 2.25. The average Bonchev–Trinajstić information content (AvgIpc) is 2.61. The molecular weight excluding hydrogens is 210 g/mol. The zero-order valence-electron chi connectivity index (χ0n) is 10.1. The molecule has 0 saturated heterocycles. The molecule has 0 unspecified atom stereocenters. The molecule has 2 atom stereocenters. The average molecular weight is 229 g/mol. The molecule has 5 heteroatoms. The maximum Gasteiger partial charge on any atom is 0.434 e. The molecule has 1 aliphatic rings. The second kappa shape index (κ2) is 4.84. The van der Waals surface area contributed by atoms with Gasteiger partial charge in [-0.15, -0.1) is 0 Å². The summed E-state index contributed by atoms with van der Waals surface area (Å²) in [4.78, 5) is 11.6. The lowest BCUT2D eigenvalue weighted by molar-refractivity contribution is -0.137. The quantitative estimate of drug-likeness (QED) is 0.446. The SMILES string of the molecule is CO[C@H]1C=CC[C@@H]1N(O)C(=O)OC(C)(C)C. The molecule has 0 aromatic rings. The Morgan fingerprint density at radius 1 is 1.50 bits per heavy atom. The first kappa shape index (κ1) is 13.0. The number of amides is 1. The van der Waals surface area contributed by atoms with Crippen LogP contribution in [0.1, 0.15) is 27.2 Å². The molecule has 1 N–H and O–H groups in total.